The third kappa shape index (κ3) is 7.15. The molecule has 0 bridgehead atoms. The van der Waals surface area contributed by atoms with Gasteiger partial charge in [-0.3, -0.25) is 10.1 Å². The molecule has 1 atom stereocenters. The summed E-state index contributed by atoms with van der Waals surface area (Å²) in [5.74, 6) is 1.64. The second kappa shape index (κ2) is 9.07. The maximum atomic E-state index is 11.3. The van der Waals surface area contributed by atoms with Crippen LogP contribution in [0.5, 0.6) is 0 Å². The maximum Gasteiger partial charge on any atom is 0.326 e. The number of aliphatic carboxylic acids is 1. The molecule has 0 aliphatic carbocycles. The predicted molar refractivity (Wildman–Crippen MR) is 64.3 cm³/mol. The van der Waals surface area contributed by atoms with Gasteiger partial charge in [-0.15, -0.1) is 6.42 Å². The molecule has 0 aliphatic rings. The van der Waals surface area contributed by atoms with Crippen molar-refractivity contribution in [3.63, 3.8) is 0 Å². The van der Waals surface area contributed by atoms with Crippen LogP contribution in [-0.2, 0) is 9.59 Å². The maximum absolute atomic E-state index is 11.3. The molecule has 16 heavy (non-hydrogen) atoms. The van der Waals surface area contributed by atoms with Crippen molar-refractivity contribution in [1.29, 1.82) is 0 Å². The number of nitrogens with one attached hydrogen (secondary N) is 2. The standard InChI is InChI=1S/C10H16N2O3S/c1-3-5-11-7-9(13)12-8(10(14)15)4-6-16-2/h1,8,11H,4-7H2,2H3,(H,12,13)(H,14,15)/t8-/m0/s1. The SMILES string of the molecule is C#CCNCC(=O)N[C@@H](CCSC)C(=O)O. The van der Waals surface area contributed by atoms with Crippen LogP contribution in [0.3, 0.4) is 0 Å². The number of carboxylic acid groups (broad SMARTS) is 1. The van der Waals surface area contributed by atoms with Crippen molar-refractivity contribution in [3.8, 4) is 12.3 Å². The minimum Gasteiger partial charge on any atom is -0.480 e. The average Bonchev–Trinajstić information content (AvgIpc) is 2.24. The Morgan fingerprint density at radius 2 is 2.25 bits per heavy atom. The van der Waals surface area contributed by atoms with Gasteiger partial charge in [-0.1, -0.05) is 5.92 Å². The highest BCUT2D eigenvalue weighted by atomic mass is 32.2. The Morgan fingerprint density at radius 3 is 2.75 bits per heavy atom. The van der Waals surface area contributed by atoms with Gasteiger partial charge in [-0.2, -0.15) is 11.8 Å². The molecule has 5 nitrogen and oxygen atoms in total. The van der Waals surface area contributed by atoms with Gasteiger partial charge in [0, 0.05) is 0 Å². The zero-order chi connectivity index (χ0) is 12.4. The monoisotopic (exact) mass is 244 g/mol. The summed E-state index contributed by atoms with van der Waals surface area (Å²) in [5, 5.41) is 14.0. The highest BCUT2D eigenvalue weighted by Gasteiger charge is 2.18. The number of carboxylic acids is 1. The van der Waals surface area contributed by atoms with Gasteiger partial charge in [0.15, 0.2) is 0 Å². The smallest absolute Gasteiger partial charge is 0.326 e. The zero-order valence-electron chi connectivity index (χ0n) is 9.16. The van der Waals surface area contributed by atoms with Gasteiger partial charge in [0.05, 0.1) is 13.1 Å². The molecule has 6 heteroatoms. The summed E-state index contributed by atoms with van der Waals surface area (Å²) in [4.78, 5) is 22.1. The van der Waals surface area contributed by atoms with E-state index in [2.05, 4.69) is 16.6 Å². The number of hydrogen-bond acceptors (Lipinski definition) is 4. The van der Waals surface area contributed by atoms with Crippen LogP contribution >= 0.6 is 11.8 Å². The molecular weight excluding hydrogens is 228 g/mol. The molecule has 0 aliphatic heterocycles. The Hall–Kier alpha value is -1.19. The summed E-state index contributed by atoms with van der Waals surface area (Å²) in [5.41, 5.74) is 0. The van der Waals surface area contributed by atoms with E-state index in [0.717, 1.165) is 0 Å². The first-order chi connectivity index (χ1) is 7.61. The molecule has 1 amide bonds. The zero-order valence-corrected chi connectivity index (χ0v) is 9.97. The summed E-state index contributed by atoms with van der Waals surface area (Å²) in [6, 6.07) is -0.826. The predicted octanol–water partition coefficient (Wildman–Crippen LogP) is -0.468. The van der Waals surface area contributed by atoms with E-state index in [1.54, 1.807) is 0 Å². The van der Waals surface area contributed by atoms with Crippen molar-refractivity contribution in [2.24, 2.45) is 0 Å². The van der Waals surface area contributed by atoms with Crippen molar-refractivity contribution in [2.75, 3.05) is 25.1 Å². The molecule has 0 heterocycles. The molecule has 0 unspecified atom stereocenters. The molecule has 0 radical (unpaired) electrons. The highest BCUT2D eigenvalue weighted by Crippen LogP contribution is 2.00. The van der Waals surface area contributed by atoms with Gasteiger partial charge in [0.2, 0.25) is 5.91 Å². The largest absolute Gasteiger partial charge is 0.480 e. The first-order valence-corrected chi connectivity index (χ1v) is 6.16. The third-order valence-corrected chi connectivity index (χ3v) is 2.40. The summed E-state index contributed by atoms with van der Waals surface area (Å²) < 4.78 is 0. The number of carbonyl (C=O) groups is 2. The van der Waals surface area contributed by atoms with Crippen molar-refractivity contribution in [1.82, 2.24) is 10.6 Å². The van der Waals surface area contributed by atoms with Gasteiger partial charge in [0.1, 0.15) is 6.04 Å². The number of hydrogen-bond donors (Lipinski definition) is 3. The molecular formula is C10H16N2O3S. The van der Waals surface area contributed by atoms with Gasteiger partial charge < -0.3 is 10.4 Å². The number of carbonyl (C=O) groups excluding carboxylic acids is 1. The Balaban J connectivity index is 3.94. The molecule has 3 N–H and O–H groups in total. The molecule has 0 saturated carbocycles. The van der Waals surface area contributed by atoms with Crippen molar-refractivity contribution in [2.45, 2.75) is 12.5 Å². The molecule has 90 valence electrons. The van der Waals surface area contributed by atoms with Gasteiger partial charge >= 0.3 is 5.97 Å². The second-order valence-electron chi connectivity index (χ2n) is 3.05. The van der Waals surface area contributed by atoms with Gasteiger partial charge in [-0.25, -0.2) is 4.79 Å². The second-order valence-corrected chi connectivity index (χ2v) is 4.03. The quantitative estimate of drug-likeness (QED) is 0.397. The van der Waals surface area contributed by atoms with E-state index in [4.69, 9.17) is 11.5 Å². The Bertz CT molecular complexity index is 276. The fourth-order valence-corrected chi connectivity index (χ4v) is 1.46. The van der Waals surface area contributed by atoms with Crippen molar-refractivity contribution < 1.29 is 14.7 Å². The number of amides is 1. The van der Waals surface area contributed by atoms with Crippen LogP contribution < -0.4 is 10.6 Å². The summed E-state index contributed by atoms with van der Waals surface area (Å²) in [7, 11) is 0. The van der Waals surface area contributed by atoms with Crippen LogP contribution in [-0.4, -0.2) is 48.1 Å². The molecule has 0 aromatic rings. The van der Waals surface area contributed by atoms with E-state index >= 15 is 0 Å². The van der Waals surface area contributed by atoms with E-state index in [1.165, 1.54) is 11.8 Å². The summed E-state index contributed by atoms with van der Waals surface area (Å²) >= 11 is 1.54. The molecule has 0 aromatic carbocycles. The van der Waals surface area contributed by atoms with E-state index in [-0.39, 0.29) is 19.0 Å². The first kappa shape index (κ1) is 14.8. The Morgan fingerprint density at radius 1 is 1.56 bits per heavy atom. The van der Waals surface area contributed by atoms with Crippen LogP contribution in [0.4, 0.5) is 0 Å². The third-order valence-electron chi connectivity index (χ3n) is 1.76. The summed E-state index contributed by atoms with van der Waals surface area (Å²) in [6.45, 7) is 0.323. The van der Waals surface area contributed by atoms with E-state index < -0.39 is 12.0 Å². The lowest BCUT2D eigenvalue weighted by atomic mass is 10.2. The van der Waals surface area contributed by atoms with Crippen LogP contribution in [0.1, 0.15) is 6.42 Å². The Kier molecular flexibility index (Phi) is 8.39. The highest BCUT2D eigenvalue weighted by molar-refractivity contribution is 7.98. The molecule has 0 rings (SSSR count). The number of thioether (sulfide) groups is 1. The summed E-state index contributed by atoms with van der Waals surface area (Å²) in [6.07, 6.45) is 7.29. The number of terminal acetylenes is 1. The van der Waals surface area contributed by atoms with Crippen LogP contribution in [0.2, 0.25) is 0 Å². The lowest BCUT2D eigenvalue weighted by Crippen LogP contribution is -2.44. The topological polar surface area (TPSA) is 78.4 Å². The van der Waals surface area contributed by atoms with Crippen LogP contribution in [0.15, 0.2) is 0 Å². The molecule has 0 spiro atoms. The van der Waals surface area contributed by atoms with Gasteiger partial charge in [0.25, 0.3) is 0 Å². The molecule has 0 aromatic heterocycles. The average molecular weight is 244 g/mol. The minimum absolute atomic E-state index is 0.0350. The lowest BCUT2D eigenvalue weighted by molar-refractivity contribution is -0.141. The lowest BCUT2D eigenvalue weighted by Gasteiger charge is -2.13. The number of rotatable bonds is 8. The fourth-order valence-electron chi connectivity index (χ4n) is 0.987. The fraction of sp³-hybridized carbons (Fsp3) is 0.600. The van der Waals surface area contributed by atoms with Gasteiger partial charge in [-0.05, 0) is 18.4 Å². The van der Waals surface area contributed by atoms with Crippen LogP contribution in [0.25, 0.3) is 0 Å². The molecule has 0 saturated heterocycles. The van der Waals surface area contributed by atoms with E-state index in [0.29, 0.717) is 12.2 Å². The normalized spacial score (nSPS) is 11.5. The van der Waals surface area contributed by atoms with Crippen molar-refractivity contribution >= 4 is 23.6 Å². The van der Waals surface area contributed by atoms with Crippen LogP contribution in [0, 0.1) is 12.3 Å². The first-order valence-electron chi connectivity index (χ1n) is 4.77. The van der Waals surface area contributed by atoms with Crippen molar-refractivity contribution in [3.05, 3.63) is 0 Å². The minimum atomic E-state index is -1.01. The molecule has 0 fully saturated rings. The van der Waals surface area contributed by atoms with E-state index in [1.807, 2.05) is 6.26 Å². The van der Waals surface area contributed by atoms with E-state index in [9.17, 15) is 9.59 Å². The Labute approximate surface area is 99.4 Å².